The van der Waals surface area contributed by atoms with E-state index in [9.17, 15) is 0 Å². The molecule has 0 radical (unpaired) electrons. The van der Waals surface area contributed by atoms with Gasteiger partial charge in [-0.25, -0.2) is 0 Å². The van der Waals surface area contributed by atoms with Crippen molar-refractivity contribution in [2.75, 3.05) is 0 Å². The van der Waals surface area contributed by atoms with E-state index in [1.807, 2.05) is 6.08 Å². The van der Waals surface area contributed by atoms with Crippen molar-refractivity contribution in [2.45, 2.75) is 45.3 Å². The quantitative estimate of drug-likeness (QED) is 0.522. The highest BCUT2D eigenvalue weighted by Crippen LogP contribution is 2.27. The molecule has 0 heterocycles. The van der Waals surface area contributed by atoms with Crippen LogP contribution in [-0.4, -0.2) is 8.07 Å². The fourth-order valence-electron chi connectivity index (χ4n) is 1.82. The summed E-state index contributed by atoms with van der Waals surface area (Å²) < 4.78 is 0. The summed E-state index contributed by atoms with van der Waals surface area (Å²) in [5.74, 6) is 0. The van der Waals surface area contributed by atoms with E-state index in [2.05, 4.69) is 37.5 Å². The first-order chi connectivity index (χ1) is 7.53. The molecule has 0 N–H and O–H groups in total. The molecule has 1 aliphatic rings. The number of allylic oxidation sites excluding steroid dienone is 5. The van der Waals surface area contributed by atoms with Crippen molar-refractivity contribution in [3.8, 4) is 6.07 Å². The first-order valence-corrected chi connectivity index (χ1v) is 9.58. The van der Waals surface area contributed by atoms with Gasteiger partial charge >= 0.3 is 0 Å². The number of rotatable bonds is 3. The first-order valence-electron chi connectivity index (χ1n) is 6.00. The van der Waals surface area contributed by atoms with Crippen LogP contribution in [-0.2, 0) is 0 Å². The second-order valence-corrected chi connectivity index (χ2v) is 10.5. The van der Waals surface area contributed by atoms with Crippen LogP contribution in [0.15, 0.2) is 35.1 Å². The van der Waals surface area contributed by atoms with Crippen molar-refractivity contribution < 1.29 is 0 Å². The maximum atomic E-state index is 8.57. The Hall–Kier alpha value is -1.07. The minimum absolute atomic E-state index is 1.11. The monoisotopic (exact) mass is 231 g/mol. The van der Waals surface area contributed by atoms with E-state index in [1.165, 1.54) is 30.4 Å². The largest absolute Gasteiger partial charge is 0.193 e. The molecule has 86 valence electrons. The molecular weight excluding hydrogens is 210 g/mol. The summed E-state index contributed by atoms with van der Waals surface area (Å²) >= 11 is 0. The van der Waals surface area contributed by atoms with E-state index < -0.39 is 8.07 Å². The Labute approximate surface area is 100 Å². The molecule has 0 saturated heterocycles. The van der Waals surface area contributed by atoms with Gasteiger partial charge in [-0.15, -0.1) is 0 Å². The van der Waals surface area contributed by atoms with Crippen LogP contribution in [0, 0.1) is 11.3 Å². The second kappa shape index (κ2) is 5.86. The zero-order valence-electron chi connectivity index (χ0n) is 10.6. The fourth-order valence-corrected chi connectivity index (χ4v) is 2.52. The van der Waals surface area contributed by atoms with Crippen LogP contribution >= 0.6 is 0 Å². The Morgan fingerprint density at radius 1 is 1.06 bits per heavy atom. The van der Waals surface area contributed by atoms with Crippen LogP contribution in [0.3, 0.4) is 0 Å². The van der Waals surface area contributed by atoms with Crippen molar-refractivity contribution >= 4 is 8.07 Å². The predicted octanol–water partition coefficient (Wildman–Crippen LogP) is 4.37. The minimum atomic E-state index is -1.11. The summed E-state index contributed by atoms with van der Waals surface area (Å²) in [5.41, 5.74) is 5.20. The molecule has 0 spiro atoms. The summed E-state index contributed by atoms with van der Waals surface area (Å²) in [6.45, 7) is 7.03. The number of nitriles is 1. The first kappa shape index (κ1) is 13.0. The highest BCUT2D eigenvalue weighted by Gasteiger charge is 2.11. The molecule has 0 aromatic rings. The van der Waals surface area contributed by atoms with Crippen molar-refractivity contribution in [3.05, 3.63) is 35.1 Å². The number of nitrogens with zero attached hydrogens (tertiary/aromatic N) is 1. The molecule has 0 aromatic carbocycles. The van der Waals surface area contributed by atoms with Gasteiger partial charge in [0.05, 0.1) is 14.1 Å². The van der Waals surface area contributed by atoms with Gasteiger partial charge < -0.3 is 0 Å². The van der Waals surface area contributed by atoms with Crippen LogP contribution in [0.25, 0.3) is 0 Å². The standard InChI is InChI=1S/C14H21NSi/c1-16(2,3)12-10-14-8-5-4-7-13(14)9-6-11-15/h6,9-10,12H,4-5,7-8H2,1-3H3/b9-6+,12-10+. The van der Waals surface area contributed by atoms with Crippen LogP contribution in [0.2, 0.25) is 19.6 Å². The molecule has 0 unspecified atom stereocenters. The summed E-state index contributed by atoms with van der Waals surface area (Å²) in [6, 6.07) is 2.08. The lowest BCUT2D eigenvalue weighted by Gasteiger charge is -2.16. The highest BCUT2D eigenvalue weighted by molar-refractivity contribution is 6.81. The molecular formula is C14H21NSi. The smallest absolute Gasteiger partial charge is 0.0912 e. The summed E-state index contributed by atoms with van der Waals surface area (Å²) in [6.07, 6.45) is 10.7. The van der Waals surface area contributed by atoms with Crippen LogP contribution in [0.5, 0.6) is 0 Å². The number of hydrogen-bond donors (Lipinski definition) is 0. The zero-order chi connectivity index (χ0) is 12.0. The minimum Gasteiger partial charge on any atom is -0.193 e. The Balaban J connectivity index is 2.87. The van der Waals surface area contributed by atoms with E-state index >= 15 is 0 Å². The molecule has 1 nitrogen and oxygen atoms in total. The lowest BCUT2D eigenvalue weighted by molar-refractivity contribution is 0.693. The van der Waals surface area contributed by atoms with Gasteiger partial charge in [0.25, 0.3) is 0 Å². The van der Waals surface area contributed by atoms with Crippen molar-refractivity contribution in [1.82, 2.24) is 0 Å². The Morgan fingerprint density at radius 2 is 1.62 bits per heavy atom. The van der Waals surface area contributed by atoms with Gasteiger partial charge in [-0.2, -0.15) is 5.26 Å². The summed E-state index contributed by atoms with van der Waals surface area (Å²) in [7, 11) is -1.11. The van der Waals surface area contributed by atoms with E-state index in [0.29, 0.717) is 0 Å². The normalized spacial score (nSPS) is 18.4. The lowest BCUT2D eigenvalue weighted by atomic mass is 9.91. The van der Waals surface area contributed by atoms with Gasteiger partial charge in [-0.05, 0) is 42.9 Å². The van der Waals surface area contributed by atoms with Gasteiger partial charge in [0, 0.05) is 6.08 Å². The highest BCUT2D eigenvalue weighted by atomic mass is 28.3. The maximum Gasteiger partial charge on any atom is 0.0912 e. The van der Waals surface area contributed by atoms with E-state index in [-0.39, 0.29) is 0 Å². The van der Waals surface area contributed by atoms with Crippen LogP contribution in [0.1, 0.15) is 25.7 Å². The average Bonchev–Trinajstić information content (AvgIpc) is 2.23. The van der Waals surface area contributed by atoms with E-state index in [4.69, 9.17) is 5.26 Å². The molecule has 1 rings (SSSR count). The van der Waals surface area contributed by atoms with Crippen molar-refractivity contribution in [1.29, 1.82) is 5.26 Å². The molecule has 16 heavy (non-hydrogen) atoms. The van der Waals surface area contributed by atoms with Crippen molar-refractivity contribution in [3.63, 3.8) is 0 Å². The molecule has 0 atom stereocenters. The SMILES string of the molecule is C[Si](C)(C)/C=C/C1=C(/C=C/C#N)CCCC1. The molecule has 0 saturated carbocycles. The third kappa shape index (κ3) is 4.63. The lowest BCUT2D eigenvalue weighted by Crippen LogP contribution is -2.15. The van der Waals surface area contributed by atoms with E-state index in [0.717, 1.165) is 6.42 Å². The Kier molecular flexibility index (Phi) is 4.76. The zero-order valence-corrected chi connectivity index (χ0v) is 11.6. The maximum absolute atomic E-state index is 8.57. The van der Waals surface area contributed by atoms with Gasteiger partial charge in [0.2, 0.25) is 0 Å². The third-order valence-electron chi connectivity index (χ3n) is 2.70. The molecule has 0 bridgehead atoms. The molecule has 2 heteroatoms. The molecule has 0 aromatic heterocycles. The van der Waals surface area contributed by atoms with E-state index in [1.54, 1.807) is 6.08 Å². The van der Waals surface area contributed by atoms with Gasteiger partial charge in [-0.1, -0.05) is 31.4 Å². The van der Waals surface area contributed by atoms with Gasteiger partial charge in [0.1, 0.15) is 0 Å². The predicted molar refractivity (Wildman–Crippen MR) is 72.7 cm³/mol. The average molecular weight is 231 g/mol. The third-order valence-corrected chi connectivity index (χ3v) is 3.86. The Morgan fingerprint density at radius 3 is 2.12 bits per heavy atom. The van der Waals surface area contributed by atoms with Crippen LogP contribution < -0.4 is 0 Å². The Bertz CT molecular complexity index is 361. The van der Waals surface area contributed by atoms with Crippen molar-refractivity contribution in [2.24, 2.45) is 0 Å². The summed E-state index contributed by atoms with van der Waals surface area (Å²) in [4.78, 5) is 0. The number of hydrogen-bond acceptors (Lipinski definition) is 1. The molecule has 1 aliphatic carbocycles. The second-order valence-electron chi connectivity index (χ2n) is 5.42. The summed E-state index contributed by atoms with van der Waals surface area (Å²) in [5, 5.41) is 8.57. The van der Waals surface area contributed by atoms with Gasteiger partial charge in [-0.3, -0.25) is 0 Å². The van der Waals surface area contributed by atoms with Crippen LogP contribution in [0.4, 0.5) is 0 Å². The fraction of sp³-hybridized carbons (Fsp3) is 0.500. The molecule has 0 amide bonds. The molecule has 0 aliphatic heterocycles. The topological polar surface area (TPSA) is 23.8 Å². The molecule has 0 fully saturated rings. The van der Waals surface area contributed by atoms with Gasteiger partial charge in [0.15, 0.2) is 0 Å².